The van der Waals surface area contributed by atoms with Crippen molar-refractivity contribution in [2.24, 2.45) is 0 Å². The van der Waals surface area contributed by atoms with Gasteiger partial charge < -0.3 is 22.1 Å². The molecule has 0 unspecified atom stereocenters. The van der Waals surface area contributed by atoms with Crippen LogP contribution >= 0.6 is 18.9 Å². The van der Waals surface area contributed by atoms with Crippen molar-refractivity contribution in [3.8, 4) is 0 Å². The third-order valence-corrected chi connectivity index (χ3v) is 9.98. The second-order valence-electron chi connectivity index (χ2n) is 7.09. The zero-order chi connectivity index (χ0) is 21.0. The van der Waals surface area contributed by atoms with Crippen LogP contribution in [0.25, 0.3) is 0 Å². The lowest BCUT2D eigenvalue weighted by Gasteiger charge is -2.28. The Hall–Kier alpha value is -2.45. The molecule has 0 spiro atoms. The lowest BCUT2D eigenvalue weighted by atomic mass is 10.1. The first kappa shape index (κ1) is 23.2. The Morgan fingerprint density at radius 1 is 0.710 bits per heavy atom. The molecule has 0 heterocycles. The normalized spacial score (nSPS) is 10.9. The third kappa shape index (κ3) is 4.75. The number of halogens is 2. The van der Waals surface area contributed by atoms with E-state index in [1.54, 1.807) is 12.1 Å². The van der Waals surface area contributed by atoms with E-state index < -0.39 is 13.2 Å². The topological polar surface area (TPSA) is 37.3 Å². The minimum absolute atomic E-state index is 0. The Labute approximate surface area is 198 Å². The molecular formula is C26H21BrClO2P. The Morgan fingerprint density at radius 2 is 1.13 bits per heavy atom. The fourth-order valence-electron chi connectivity index (χ4n) is 3.88. The highest BCUT2D eigenvalue weighted by molar-refractivity contribution is 7.95. The van der Waals surface area contributed by atoms with Gasteiger partial charge in [-0.3, -0.25) is 0 Å². The zero-order valence-electron chi connectivity index (χ0n) is 16.7. The van der Waals surface area contributed by atoms with E-state index >= 15 is 0 Å². The molecule has 0 saturated heterocycles. The van der Waals surface area contributed by atoms with Crippen LogP contribution in [0.5, 0.6) is 0 Å². The van der Waals surface area contributed by atoms with Gasteiger partial charge in [0.05, 0.1) is 16.7 Å². The highest BCUT2D eigenvalue weighted by Crippen LogP contribution is 2.58. The van der Waals surface area contributed by atoms with E-state index in [0.29, 0.717) is 6.16 Å². The van der Waals surface area contributed by atoms with Gasteiger partial charge in [0.2, 0.25) is 0 Å². The molecule has 156 valence electrons. The fourth-order valence-corrected chi connectivity index (χ4v) is 8.31. The molecule has 0 aliphatic carbocycles. The predicted molar refractivity (Wildman–Crippen MR) is 127 cm³/mol. The smallest absolute Gasteiger partial charge is 0.337 e. The summed E-state index contributed by atoms with van der Waals surface area (Å²) in [5, 5.41) is 13.6. The summed E-state index contributed by atoms with van der Waals surface area (Å²) in [6.45, 7) is 0. The van der Waals surface area contributed by atoms with Crippen LogP contribution in [-0.2, 0) is 6.16 Å². The zero-order valence-corrected chi connectivity index (χ0v) is 19.9. The summed E-state index contributed by atoms with van der Waals surface area (Å²) in [6.07, 6.45) is 0.711. The van der Waals surface area contributed by atoms with Gasteiger partial charge in [0.15, 0.2) is 0 Å². The maximum Gasteiger partial charge on any atom is 0.337 e. The number of hydrogen-bond donors (Lipinski definition) is 1. The van der Waals surface area contributed by atoms with Crippen molar-refractivity contribution >= 4 is 40.7 Å². The molecule has 0 fully saturated rings. The number of hydrogen-bond acceptors (Lipinski definition) is 1. The summed E-state index contributed by atoms with van der Waals surface area (Å²) < 4.78 is 0. The molecule has 0 aromatic heterocycles. The van der Waals surface area contributed by atoms with Crippen molar-refractivity contribution in [1.82, 2.24) is 0 Å². The van der Waals surface area contributed by atoms with Gasteiger partial charge in [0.25, 0.3) is 0 Å². The molecule has 0 aliphatic heterocycles. The Bertz CT molecular complexity index is 1060. The fraction of sp³-hybridized carbons (Fsp3) is 0.0385. The van der Waals surface area contributed by atoms with E-state index in [1.165, 1.54) is 15.9 Å². The molecule has 5 heteroatoms. The minimum atomic E-state index is -2.08. The number of carboxylic acids is 1. The largest absolute Gasteiger partial charge is 1.00 e. The number of carboxylic acid groups (broad SMARTS) is 1. The standard InChI is InChI=1S/C26H20ClO2P.BrH/c27-25-17-16-20(18-24(25)26(28)29)19-30(21-10-4-1-5-11-21,22-12-6-2-7-13-22)23-14-8-3-9-15-23;/h1-18H,19H2;1H. The molecular weight excluding hydrogens is 491 g/mol. The van der Waals surface area contributed by atoms with E-state index in [2.05, 4.69) is 72.8 Å². The van der Waals surface area contributed by atoms with Crippen LogP contribution in [0.4, 0.5) is 0 Å². The number of carbonyl (C=O) groups is 1. The summed E-state index contributed by atoms with van der Waals surface area (Å²) in [6, 6.07) is 36.9. The van der Waals surface area contributed by atoms with Gasteiger partial charge in [0.1, 0.15) is 23.2 Å². The van der Waals surface area contributed by atoms with Crippen LogP contribution in [0.3, 0.4) is 0 Å². The Kier molecular flexibility index (Phi) is 7.67. The maximum absolute atomic E-state index is 11.7. The predicted octanol–water partition coefficient (Wildman–Crippen LogP) is 2.54. The maximum atomic E-state index is 11.7. The van der Waals surface area contributed by atoms with Crippen molar-refractivity contribution in [2.45, 2.75) is 6.16 Å². The van der Waals surface area contributed by atoms with Gasteiger partial charge in [-0.1, -0.05) is 72.3 Å². The van der Waals surface area contributed by atoms with E-state index in [1.807, 2.05) is 24.3 Å². The first-order valence-corrected chi connectivity index (χ1v) is 12.0. The molecule has 2 nitrogen and oxygen atoms in total. The van der Waals surface area contributed by atoms with Gasteiger partial charge in [-0.15, -0.1) is 0 Å². The summed E-state index contributed by atoms with van der Waals surface area (Å²) in [7, 11) is -2.08. The highest BCUT2D eigenvalue weighted by Gasteiger charge is 2.45. The summed E-state index contributed by atoms with van der Waals surface area (Å²) in [4.78, 5) is 11.7. The van der Waals surface area contributed by atoms with Crippen LogP contribution in [0.15, 0.2) is 109 Å². The van der Waals surface area contributed by atoms with Crippen LogP contribution in [0.2, 0.25) is 5.02 Å². The molecule has 0 atom stereocenters. The van der Waals surface area contributed by atoms with Gasteiger partial charge in [-0.2, -0.15) is 0 Å². The molecule has 0 saturated carbocycles. The van der Waals surface area contributed by atoms with Crippen LogP contribution in [0.1, 0.15) is 15.9 Å². The van der Waals surface area contributed by atoms with E-state index in [0.717, 1.165) is 5.56 Å². The SMILES string of the molecule is O=C(O)c1cc(C[P+](c2ccccc2)(c2ccccc2)c2ccccc2)ccc1Cl.[Br-]. The molecule has 0 aliphatic rings. The third-order valence-electron chi connectivity index (χ3n) is 5.27. The molecule has 4 rings (SSSR count). The summed E-state index contributed by atoms with van der Waals surface area (Å²) >= 11 is 6.14. The monoisotopic (exact) mass is 510 g/mol. The first-order valence-electron chi connectivity index (χ1n) is 9.68. The van der Waals surface area contributed by atoms with Gasteiger partial charge in [0, 0.05) is 0 Å². The van der Waals surface area contributed by atoms with Crippen LogP contribution < -0.4 is 32.9 Å². The van der Waals surface area contributed by atoms with Crippen molar-refractivity contribution in [3.63, 3.8) is 0 Å². The minimum Gasteiger partial charge on any atom is -1.00 e. The summed E-state index contributed by atoms with van der Waals surface area (Å²) in [5.74, 6) is -1.01. The average Bonchev–Trinajstić information content (AvgIpc) is 2.80. The van der Waals surface area contributed by atoms with Crippen molar-refractivity contribution in [1.29, 1.82) is 0 Å². The second kappa shape index (κ2) is 10.2. The molecule has 0 radical (unpaired) electrons. The van der Waals surface area contributed by atoms with E-state index in [4.69, 9.17) is 11.6 Å². The lowest BCUT2D eigenvalue weighted by Crippen LogP contribution is -3.00. The van der Waals surface area contributed by atoms with Gasteiger partial charge in [-0.25, -0.2) is 4.79 Å². The number of aromatic carboxylic acids is 1. The molecule has 1 N–H and O–H groups in total. The van der Waals surface area contributed by atoms with Crippen molar-refractivity contribution in [2.75, 3.05) is 0 Å². The molecule has 0 bridgehead atoms. The van der Waals surface area contributed by atoms with Gasteiger partial charge >= 0.3 is 5.97 Å². The average molecular weight is 512 g/mol. The number of rotatable bonds is 6. The van der Waals surface area contributed by atoms with Gasteiger partial charge in [-0.05, 0) is 54.1 Å². The van der Waals surface area contributed by atoms with Crippen LogP contribution in [0, 0.1) is 0 Å². The van der Waals surface area contributed by atoms with E-state index in [-0.39, 0.29) is 27.6 Å². The Balaban J connectivity index is 0.00000272. The highest BCUT2D eigenvalue weighted by atomic mass is 79.9. The van der Waals surface area contributed by atoms with Crippen LogP contribution in [-0.4, -0.2) is 11.1 Å². The first-order chi connectivity index (χ1) is 14.6. The lowest BCUT2D eigenvalue weighted by molar-refractivity contribution is -0.0000212. The van der Waals surface area contributed by atoms with Crippen molar-refractivity contribution in [3.05, 3.63) is 125 Å². The second-order valence-corrected chi connectivity index (χ2v) is 11.0. The number of benzene rings is 4. The molecule has 4 aromatic rings. The molecule has 0 amide bonds. The Morgan fingerprint density at radius 3 is 1.52 bits per heavy atom. The molecule has 31 heavy (non-hydrogen) atoms. The molecule has 4 aromatic carbocycles. The summed E-state index contributed by atoms with van der Waals surface area (Å²) in [5.41, 5.74) is 1.10. The quantitative estimate of drug-likeness (QED) is 0.404. The van der Waals surface area contributed by atoms with Crippen molar-refractivity contribution < 1.29 is 26.9 Å². The van der Waals surface area contributed by atoms with E-state index in [9.17, 15) is 9.90 Å².